The molecule has 0 aliphatic carbocycles. The summed E-state index contributed by atoms with van der Waals surface area (Å²) in [4.78, 5) is 2.41. The van der Waals surface area contributed by atoms with Crippen LogP contribution in [0.1, 0.15) is 24.3 Å². The van der Waals surface area contributed by atoms with Gasteiger partial charge in [-0.15, -0.1) is 0 Å². The first kappa shape index (κ1) is 13.7. The van der Waals surface area contributed by atoms with Crippen LogP contribution in [0.5, 0.6) is 11.5 Å². The van der Waals surface area contributed by atoms with E-state index in [2.05, 4.69) is 49.9 Å². The Hall–Kier alpha value is -0.260. The summed E-state index contributed by atoms with van der Waals surface area (Å²) in [7, 11) is 3.88. The predicted molar refractivity (Wildman–Crippen MR) is 82.3 cm³/mol. The highest BCUT2D eigenvalue weighted by atomic mass is 79.9. The number of likely N-dealkylation sites (tertiary alicyclic amines) is 1. The Kier molecular flexibility index (Phi) is 3.80. The fourth-order valence-electron chi connectivity index (χ4n) is 3.25. The number of ether oxygens (including phenoxy) is 2. The normalized spacial score (nSPS) is 26.3. The van der Waals surface area contributed by atoms with E-state index in [-0.39, 0.29) is 0 Å². The average Bonchev–Trinajstić information content (AvgIpc) is 2.38. The molecule has 0 bridgehead atoms. The van der Waals surface area contributed by atoms with Crippen molar-refractivity contribution in [2.75, 3.05) is 27.3 Å². The maximum atomic E-state index is 6.02. The van der Waals surface area contributed by atoms with Gasteiger partial charge in [0.05, 0.1) is 17.6 Å². The molecule has 104 valence electrons. The van der Waals surface area contributed by atoms with Crippen molar-refractivity contribution >= 4 is 31.9 Å². The Labute approximate surface area is 130 Å². The van der Waals surface area contributed by atoms with E-state index in [0.29, 0.717) is 12.0 Å². The summed E-state index contributed by atoms with van der Waals surface area (Å²) in [5.41, 5.74) is 1.27. The monoisotopic (exact) mass is 389 g/mol. The highest BCUT2D eigenvalue weighted by Gasteiger charge is 2.39. The molecule has 0 N–H and O–H groups in total. The van der Waals surface area contributed by atoms with E-state index in [0.717, 1.165) is 33.6 Å². The molecule has 0 saturated carbocycles. The summed E-state index contributed by atoms with van der Waals surface area (Å²) in [6, 6.07) is 2.54. The zero-order valence-electron chi connectivity index (χ0n) is 11.1. The van der Waals surface area contributed by atoms with Gasteiger partial charge in [0, 0.05) is 16.0 Å². The zero-order valence-corrected chi connectivity index (χ0v) is 14.3. The van der Waals surface area contributed by atoms with Crippen molar-refractivity contribution in [3.8, 4) is 11.5 Å². The second-order valence-corrected chi connectivity index (χ2v) is 6.93. The van der Waals surface area contributed by atoms with Gasteiger partial charge in [-0.25, -0.2) is 0 Å². The van der Waals surface area contributed by atoms with Crippen LogP contribution in [0.25, 0.3) is 0 Å². The van der Waals surface area contributed by atoms with Gasteiger partial charge in [0.25, 0.3) is 0 Å². The molecule has 1 saturated heterocycles. The van der Waals surface area contributed by atoms with Gasteiger partial charge in [-0.05, 0) is 48.4 Å². The summed E-state index contributed by atoms with van der Waals surface area (Å²) in [6.45, 7) is 1.90. The standard InChI is InChI=1S/C14H17Br2NO2/c1-17-5-3-4-8-11(17)7-19-14-12(8)9(15)6-10(16)13(14)18-2/h6,8,11H,3-5,7H2,1-2H3/t8-,11+/m1/s1. The number of benzene rings is 1. The second kappa shape index (κ2) is 5.26. The number of halogens is 2. The third kappa shape index (κ3) is 2.20. The lowest BCUT2D eigenvalue weighted by Gasteiger charge is -2.43. The van der Waals surface area contributed by atoms with Crippen molar-refractivity contribution in [2.24, 2.45) is 0 Å². The Morgan fingerprint density at radius 3 is 2.89 bits per heavy atom. The van der Waals surface area contributed by atoms with Crippen molar-refractivity contribution in [1.29, 1.82) is 0 Å². The number of piperidine rings is 1. The molecule has 0 unspecified atom stereocenters. The van der Waals surface area contributed by atoms with Gasteiger partial charge < -0.3 is 9.47 Å². The zero-order chi connectivity index (χ0) is 13.6. The Morgan fingerprint density at radius 1 is 1.37 bits per heavy atom. The number of hydrogen-bond acceptors (Lipinski definition) is 3. The van der Waals surface area contributed by atoms with Gasteiger partial charge in [0.15, 0.2) is 11.5 Å². The van der Waals surface area contributed by atoms with Crippen LogP contribution in [-0.4, -0.2) is 38.3 Å². The van der Waals surface area contributed by atoms with Crippen LogP contribution in [0.3, 0.4) is 0 Å². The highest BCUT2D eigenvalue weighted by Crippen LogP contribution is 2.51. The first-order chi connectivity index (χ1) is 9.13. The van der Waals surface area contributed by atoms with Crippen LogP contribution < -0.4 is 9.47 Å². The van der Waals surface area contributed by atoms with Crippen molar-refractivity contribution in [3.05, 3.63) is 20.6 Å². The average molecular weight is 391 g/mol. The summed E-state index contributed by atoms with van der Waals surface area (Å²) in [5, 5.41) is 0. The maximum absolute atomic E-state index is 6.02. The van der Waals surface area contributed by atoms with E-state index < -0.39 is 0 Å². The molecule has 1 fully saturated rings. The molecule has 3 nitrogen and oxygen atoms in total. The van der Waals surface area contributed by atoms with Crippen LogP contribution in [0.2, 0.25) is 0 Å². The van der Waals surface area contributed by atoms with E-state index in [4.69, 9.17) is 9.47 Å². The quantitative estimate of drug-likeness (QED) is 0.728. The molecule has 0 aromatic heterocycles. The Morgan fingerprint density at radius 2 is 2.16 bits per heavy atom. The number of fused-ring (bicyclic) bond motifs is 3. The molecule has 2 atom stereocenters. The highest BCUT2D eigenvalue weighted by molar-refractivity contribution is 9.11. The first-order valence-electron chi connectivity index (χ1n) is 6.52. The molecule has 5 heteroatoms. The van der Waals surface area contributed by atoms with Gasteiger partial charge in [-0.2, -0.15) is 0 Å². The summed E-state index contributed by atoms with van der Waals surface area (Å²) in [6.07, 6.45) is 2.46. The van der Waals surface area contributed by atoms with Gasteiger partial charge in [-0.3, -0.25) is 4.90 Å². The van der Waals surface area contributed by atoms with Crippen LogP contribution in [-0.2, 0) is 0 Å². The number of methoxy groups -OCH3 is 1. The van der Waals surface area contributed by atoms with E-state index in [1.165, 1.54) is 18.4 Å². The number of hydrogen-bond donors (Lipinski definition) is 0. The largest absolute Gasteiger partial charge is 0.492 e. The fraction of sp³-hybridized carbons (Fsp3) is 0.571. The summed E-state index contributed by atoms with van der Waals surface area (Å²) >= 11 is 7.23. The van der Waals surface area contributed by atoms with E-state index in [1.54, 1.807) is 7.11 Å². The van der Waals surface area contributed by atoms with Crippen molar-refractivity contribution in [3.63, 3.8) is 0 Å². The lowest BCUT2D eigenvalue weighted by Crippen LogP contribution is -2.47. The summed E-state index contributed by atoms with van der Waals surface area (Å²) < 4.78 is 13.6. The maximum Gasteiger partial charge on any atom is 0.175 e. The SMILES string of the molecule is COc1c(Br)cc(Br)c2c1OC[C@H]1[C@H]2CCCN1C. The molecule has 1 aromatic rings. The van der Waals surface area contributed by atoms with Crippen LogP contribution in [0.15, 0.2) is 15.0 Å². The minimum Gasteiger partial charge on any atom is -0.492 e. The lowest BCUT2D eigenvalue weighted by molar-refractivity contribution is 0.0842. The third-order valence-corrected chi connectivity index (χ3v) is 5.45. The number of likely N-dealkylation sites (N-methyl/N-ethyl adjacent to an activating group) is 1. The first-order valence-corrected chi connectivity index (χ1v) is 8.11. The molecule has 2 aliphatic heterocycles. The van der Waals surface area contributed by atoms with Gasteiger partial charge in [0.2, 0.25) is 0 Å². The van der Waals surface area contributed by atoms with Gasteiger partial charge >= 0.3 is 0 Å². The minimum atomic E-state index is 0.475. The Bertz CT molecular complexity index is 507. The van der Waals surface area contributed by atoms with Crippen LogP contribution in [0.4, 0.5) is 0 Å². The topological polar surface area (TPSA) is 21.7 Å². The molecule has 3 rings (SSSR count). The summed E-state index contributed by atoms with van der Waals surface area (Å²) in [5.74, 6) is 2.24. The van der Waals surface area contributed by atoms with Gasteiger partial charge in [0.1, 0.15) is 6.61 Å². The molecular formula is C14H17Br2NO2. The van der Waals surface area contributed by atoms with Gasteiger partial charge in [-0.1, -0.05) is 15.9 Å². The van der Waals surface area contributed by atoms with Crippen LogP contribution >= 0.6 is 31.9 Å². The van der Waals surface area contributed by atoms with Crippen molar-refractivity contribution < 1.29 is 9.47 Å². The molecule has 0 radical (unpaired) electrons. The third-order valence-electron chi connectivity index (χ3n) is 4.21. The van der Waals surface area contributed by atoms with Crippen molar-refractivity contribution in [2.45, 2.75) is 24.8 Å². The smallest absolute Gasteiger partial charge is 0.175 e. The molecule has 1 aromatic carbocycles. The molecule has 19 heavy (non-hydrogen) atoms. The van der Waals surface area contributed by atoms with E-state index in [9.17, 15) is 0 Å². The number of rotatable bonds is 1. The molecule has 0 spiro atoms. The second-order valence-electron chi connectivity index (χ2n) is 5.22. The predicted octanol–water partition coefficient (Wildman–Crippen LogP) is 3.79. The fourth-order valence-corrected chi connectivity index (χ4v) is 4.83. The number of nitrogens with zero attached hydrogens (tertiary/aromatic N) is 1. The molecule has 2 aliphatic rings. The van der Waals surface area contributed by atoms with E-state index in [1.807, 2.05) is 0 Å². The lowest BCUT2D eigenvalue weighted by atomic mass is 9.82. The van der Waals surface area contributed by atoms with Crippen LogP contribution in [0, 0.1) is 0 Å². The molecule has 0 amide bonds. The molecule has 2 heterocycles. The molecular weight excluding hydrogens is 374 g/mol. The van der Waals surface area contributed by atoms with Crippen molar-refractivity contribution in [1.82, 2.24) is 4.90 Å². The minimum absolute atomic E-state index is 0.475. The Balaban J connectivity index is 2.12. The van der Waals surface area contributed by atoms with E-state index >= 15 is 0 Å².